The Bertz CT molecular complexity index is 1870. The van der Waals surface area contributed by atoms with Gasteiger partial charge in [0.1, 0.15) is 0 Å². The van der Waals surface area contributed by atoms with E-state index in [2.05, 4.69) is 84.9 Å². The van der Waals surface area contributed by atoms with Crippen LogP contribution in [0.15, 0.2) is 127 Å². The van der Waals surface area contributed by atoms with Crippen LogP contribution < -0.4 is 0 Å². The first-order valence-corrected chi connectivity index (χ1v) is 12.7. The minimum atomic E-state index is 0.615. The lowest BCUT2D eigenvalue weighted by Crippen LogP contribution is -1.97. The number of benzene rings is 6. The summed E-state index contributed by atoms with van der Waals surface area (Å²) >= 11 is 7.01. The van der Waals surface area contributed by atoms with E-state index in [1.807, 2.05) is 42.5 Å². The fourth-order valence-electron chi connectivity index (χ4n) is 5.18. The molecule has 0 N–H and O–H groups in total. The highest BCUT2D eigenvalue weighted by molar-refractivity contribution is 6.36. The molecule has 2 nitrogen and oxygen atoms in total. The molecule has 0 aliphatic carbocycles. The highest BCUT2D eigenvalue weighted by atomic mass is 35.5. The van der Waals surface area contributed by atoms with Gasteiger partial charge in [-0.15, -0.1) is 0 Å². The Morgan fingerprint density at radius 1 is 0.405 bits per heavy atom. The van der Waals surface area contributed by atoms with E-state index in [0.29, 0.717) is 10.8 Å². The molecular formula is C34H21ClN2. The van der Waals surface area contributed by atoms with Crippen LogP contribution in [0.3, 0.4) is 0 Å². The number of aromatic nitrogens is 2. The van der Waals surface area contributed by atoms with Crippen LogP contribution in [0, 0.1) is 0 Å². The van der Waals surface area contributed by atoms with Crippen molar-refractivity contribution in [2.75, 3.05) is 0 Å². The highest BCUT2D eigenvalue weighted by Crippen LogP contribution is 2.40. The van der Waals surface area contributed by atoms with Gasteiger partial charge in [0.05, 0.1) is 16.4 Å². The van der Waals surface area contributed by atoms with Crippen molar-refractivity contribution in [2.45, 2.75) is 0 Å². The summed E-state index contributed by atoms with van der Waals surface area (Å²) in [6, 6.07) is 43.8. The number of fused-ring (bicyclic) bond motifs is 6. The summed E-state index contributed by atoms with van der Waals surface area (Å²) in [7, 11) is 0. The maximum atomic E-state index is 7.01. The minimum absolute atomic E-state index is 0.615. The lowest BCUT2D eigenvalue weighted by molar-refractivity contribution is 1.18. The van der Waals surface area contributed by atoms with Gasteiger partial charge >= 0.3 is 0 Å². The van der Waals surface area contributed by atoms with Crippen molar-refractivity contribution in [3.63, 3.8) is 0 Å². The molecule has 1 aromatic heterocycles. The Labute approximate surface area is 219 Å². The maximum absolute atomic E-state index is 7.01. The molecule has 0 saturated heterocycles. The van der Waals surface area contributed by atoms with Crippen molar-refractivity contribution in [1.82, 2.24) is 9.97 Å². The Morgan fingerprint density at radius 3 is 1.30 bits per heavy atom. The molecule has 3 heteroatoms. The summed E-state index contributed by atoms with van der Waals surface area (Å²) in [6.07, 6.45) is 0. The van der Waals surface area contributed by atoms with Crippen LogP contribution in [-0.2, 0) is 0 Å². The first-order valence-electron chi connectivity index (χ1n) is 12.3. The van der Waals surface area contributed by atoms with Gasteiger partial charge in [-0.25, -0.2) is 9.97 Å². The van der Waals surface area contributed by atoms with Crippen molar-refractivity contribution >= 4 is 43.9 Å². The number of halogens is 1. The maximum Gasteiger partial charge on any atom is 0.161 e. The Hall–Kier alpha value is -4.53. The minimum Gasteiger partial charge on any atom is -0.228 e. The Kier molecular flexibility index (Phi) is 5.20. The van der Waals surface area contributed by atoms with Crippen molar-refractivity contribution in [1.29, 1.82) is 0 Å². The Morgan fingerprint density at radius 2 is 0.811 bits per heavy atom. The predicted octanol–water partition coefficient (Wildman–Crippen LogP) is 9.59. The number of nitrogens with zero attached hydrogens (tertiary/aromatic N) is 2. The number of hydrogen-bond acceptors (Lipinski definition) is 2. The van der Waals surface area contributed by atoms with Crippen molar-refractivity contribution < 1.29 is 0 Å². The second kappa shape index (κ2) is 8.85. The van der Waals surface area contributed by atoms with Crippen molar-refractivity contribution in [3.8, 4) is 33.9 Å². The summed E-state index contributed by atoms with van der Waals surface area (Å²) < 4.78 is 0. The zero-order valence-corrected chi connectivity index (χ0v) is 20.7. The number of rotatable bonds is 3. The molecule has 7 aromatic rings. The molecule has 0 unspecified atom stereocenters. The van der Waals surface area contributed by atoms with E-state index in [1.165, 1.54) is 21.5 Å². The topological polar surface area (TPSA) is 25.8 Å². The summed E-state index contributed by atoms with van der Waals surface area (Å²) in [6.45, 7) is 0. The van der Waals surface area contributed by atoms with Crippen LogP contribution in [0.25, 0.3) is 66.2 Å². The average molecular weight is 493 g/mol. The first-order chi connectivity index (χ1) is 18.3. The fraction of sp³-hybridized carbons (Fsp3) is 0. The monoisotopic (exact) mass is 492 g/mol. The van der Waals surface area contributed by atoms with Crippen molar-refractivity contribution in [2.24, 2.45) is 0 Å². The van der Waals surface area contributed by atoms with Gasteiger partial charge in [-0.1, -0.05) is 121 Å². The first kappa shape index (κ1) is 21.7. The van der Waals surface area contributed by atoms with E-state index in [0.717, 1.165) is 38.9 Å². The molecule has 1 heterocycles. The third kappa shape index (κ3) is 3.74. The van der Waals surface area contributed by atoms with Crippen LogP contribution in [0.2, 0.25) is 5.02 Å². The predicted molar refractivity (Wildman–Crippen MR) is 156 cm³/mol. The van der Waals surface area contributed by atoms with Crippen LogP contribution in [0.4, 0.5) is 0 Å². The molecule has 0 bridgehead atoms. The van der Waals surface area contributed by atoms with Gasteiger partial charge < -0.3 is 0 Å². The Balaban J connectivity index is 1.54. The van der Waals surface area contributed by atoms with E-state index in [9.17, 15) is 0 Å². The van der Waals surface area contributed by atoms with Crippen LogP contribution >= 0.6 is 11.6 Å². The smallest absolute Gasteiger partial charge is 0.161 e. The van der Waals surface area contributed by atoms with E-state index < -0.39 is 0 Å². The normalized spacial score (nSPS) is 11.4. The van der Waals surface area contributed by atoms with Gasteiger partial charge in [0.25, 0.3) is 0 Å². The van der Waals surface area contributed by atoms with Gasteiger partial charge in [0.2, 0.25) is 0 Å². The summed E-state index contributed by atoms with van der Waals surface area (Å²) in [5, 5.41) is 7.74. The zero-order valence-electron chi connectivity index (χ0n) is 19.9. The molecule has 0 spiro atoms. The zero-order chi connectivity index (χ0) is 24.8. The van der Waals surface area contributed by atoms with Gasteiger partial charge in [-0.05, 0) is 50.5 Å². The summed E-state index contributed by atoms with van der Waals surface area (Å²) in [5.74, 6) is 0.615. The molecule has 0 aliphatic heterocycles. The third-order valence-corrected chi connectivity index (χ3v) is 7.25. The van der Waals surface area contributed by atoms with Gasteiger partial charge in [-0.3, -0.25) is 0 Å². The fourth-order valence-corrected chi connectivity index (χ4v) is 5.43. The van der Waals surface area contributed by atoms with Crippen molar-refractivity contribution in [3.05, 3.63) is 132 Å². The van der Waals surface area contributed by atoms with Gasteiger partial charge in [0.15, 0.2) is 5.82 Å². The highest BCUT2D eigenvalue weighted by Gasteiger charge is 2.16. The molecular weight excluding hydrogens is 472 g/mol. The lowest BCUT2D eigenvalue weighted by Gasteiger charge is -2.14. The van der Waals surface area contributed by atoms with Crippen LogP contribution in [0.5, 0.6) is 0 Å². The average Bonchev–Trinajstić information content (AvgIpc) is 2.98. The molecule has 0 amide bonds. The molecule has 6 aromatic carbocycles. The summed E-state index contributed by atoms with van der Waals surface area (Å²) in [4.78, 5) is 10.0. The van der Waals surface area contributed by atoms with Gasteiger partial charge in [-0.2, -0.15) is 0 Å². The second-order valence-corrected chi connectivity index (χ2v) is 9.57. The van der Waals surface area contributed by atoms with E-state index in [-0.39, 0.29) is 0 Å². The molecule has 7 rings (SSSR count). The van der Waals surface area contributed by atoms with Gasteiger partial charge in [0, 0.05) is 16.7 Å². The molecule has 0 fully saturated rings. The number of hydrogen-bond donors (Lipinski definition) is 0. The van der Waals surface area contributed by atoms with E-state index in [4.69, 9.17) is 21.6 Å². The molecule has 37 heavy (non-hydrogen) atoms. The molecule has 0 saturated carbocycles. The molecule has 0 atom stereocenters. The SMILES string of the molecule is Clc1cc2c3ccccc3c3ccccc3c2cc1-c1nc(-c2ccccc2)cc(-c2ccccc2)n1. The molecule has 0 radical (unpaired) electrons. The molecule has 0 aliphatic rings. The second-order valence-electron chi connectivity index (χ2n) is 9.16. The largest absolute Gasteiger partial charge is 0.228 e. The van der Waals surface area contributed by atoms with E-state index >= 15 is 0 Å². The standard InChI is InChI=1S/C34H21ClN2/c35-31-20-29-27-18-10-8-16-25(27)24-15-7-9-17-26(24)28(29)19-30(31)34-36-32(22-11-3-1-4-12-22)21-33(37-34)23-13-5-2-6-14-23/h1-21H. The van der Waals surface area contributed by atoms with Crippen LogP contribution in [0.1, 0.15) is 0 Å². The third-order valence-electron chi connectivity index (χ3n) is 6.94. The van der Waals surface area contributed by atoms with Crippen LogP contribution in [-0.4, -0.2) is 9.97 Å². The lowest BCUT2D eigenvalue weighted by atomic mass is 9.93. The molecule has 174 valence electrons. The van der Waals surface area contributed by atoms with E-state index in [1.54, 1.807) is 0 Å². The quantitative estimate of drug-likeness (QED) is 0.229. The summed E-state index contributed by atoms with van der Waals surface area (Å²) in [5.41, 5.74) is 4.63.